The van der Waals surface area contributed by atoms with Gasteiger partial charge in [-0.25, -0.2) is 4.39 Å². The molecule has 0 aliphatic carbocycles. The summed E-state index contributed by atoms with van der Waals surface area (Å²) in [6.07, 6.45) is 0. The first kappa shape index (κ1) is 21.3. The lowest BCUT2D eigenvalue weighted by atomic mass is 10.1. The van der Waals surface area contributed by atoms with Crippen LogP contribution in [0.5, 0.6) is 0 Å². The summed E-state index contributed by atoms with van der Waals surface area (Å²) in [6.45, 7) is 1.58. The van der Waals surface area contributed by atoms with Gasteiger partial charge in [0.2, 0.25) is 11.0 Å². The largest absolute Gasteiger partial charge is 0.323 e. The molecule has 0 unspecified atom stereocenters. The van der Waals surface area contributed by atoms with Gasteiger partial charge in [-0.3, -0.25) is 25.0 Å². The molecule has 0 fully saturated rings. The second-order valence-corrected chi connectivity index (χ2v) is 8.10. The van der Waals surface area contributed by atoms with Crippen LogP contribution in [0.15, 0.2) is 46.8 Å². The molecule has 12 heteroatoms. The molecule has 1 heterocycles. The van der Waals surface area contributed by atoms with Gasteiger partial charge in [0.05, 0.1) is 16.4 Å². The van der Waals surface area contributed by atoms with Crippen LogP contribution in [-0.4, -0.2) is 32.7 Å². The smallest absolute Gasteiger partial charge is 0.273 e. The number of benzene rings is 2. The molecule has 30 heavy (non-hydrogen) atoms. The van der Waals surface area contributed by atoms with Gasteiger partial charge >= 0.3 is 0 Å². The summed E-state index contributed by atoms with van der Waals surface area (Å²) in [7, 11) is 0. The Bertz CT molecular complexity index is 1120. The van der Waals surface area contributed by atoms with Gasteiger partial charge in [0.15, 0.2) is 4.34 Å². The number of amides is 2. The molecular weight excluding hydrogens is 433 g/mol. The number of carbonyl (C=O) groups is 2. The number of hydrogen-bond acceptors (Lipinski definition) is 8. The zero-order valence-corrected chi connectivity index (χ0v) is 17.1. The van der Waals surface area contributed by atoms with Crippen molar-refractivity contribution >= 4 is 51.4 Å². The quantitative estimate of drug-likeness (QED) is 0.243. The number of thioether (sulfide) groups is 1. The zero-order chi connectivity index (χ0) is 21.7. The normalized spacial score (nSPS) is 10.5. The molecule has 0 bridgehead atoms. The van der Waals surface area contributed by atoms with E-state index in [1.807, 2.05) is 0 Å². The zero-order valence-electron chi connectivity index (χ0n) is 15.4. The van der Waals surface area contributed by atoms with Gasteiger partial charge in [0, 0.05) is 17.2 Å². The molecule has 2 amide bonds. The Morgan fingerprint density at radius 1 is 1.20 bits per heavy atom. The number of halogens is 1. The van der Waals surface area contributed by atoms with E-state index in [9.17, 15) is 24.1 Å². The Balaban J connectivity index is 1.57. The molecular formula is C18H14FN5O4S2. The van der Waals surface area contributed by atoms with E-state index in [1.165, 1.54) is 36.4 Å². The van der Waals surface area contributed by atoms with Crippen molar-refractivity contribution in [1.29, 1.82) is 0 Å². The molecule has 9 nitrogen and oxygen atoms in total. The Labute approximate surface area is 177 Å². The average molecular weight is 447 g/mol. The first-order valence-corrected chi connectivity index (χ1v) is 10.2. The minimum Gasteiger partial charge on any atom is -0.323 e. The first-order chi connectivity index (χ1) is 14.3. The fraction of sp³-hybridized carbons (Fsp3) is 0.111. The summed E-state index contributed by atoms with van der Waals surface area (Å²) in [4.78, 5) is 34.7. The van der Waals surface area contributed by atoms with Crippen molar-refractivity contribution in [3.05, 3.63) is 69.5 Å². The molecule has 1 aromatic heterocycles. The second-order valence-electron chi connectivity index (χ2n) is 5.90. The van der Waals surface area contributed by atoms with Crippen molar-refractivity contribution in [2.45, 2.75) is 11.3 Å². The third kappa shape index (κ3) is 5.36. The van der Waals surface area contributed by atoms with Gasteiger partial charge in [-0.2, -0.15) is 0 Å². The Kier molecular flexibility index (Phi) is 6.69. The number of nitro groups is 1. The van der Waals surface area contributed by atoms with Crippen LogP contribution in [0.2, 0.25) is 0 Å². The van der Waals surface area contributed by atoms with Crippen molar-refractivity contribution in [3.8, 4) is 0 Å². The van der Waals surface area contributed by atoms with Crippen LogP contribution >= 0.6 is 23.1 Å². The van der Waals surface area contributed by atoms with E-state index in [1.54, 1.807) is 13.0 Å². The molecule has 2 N–H and O–H groups in total. The molecule has 0 aliphatic rings. The minimum atomic E-state index is -0.567. The van der Waals surface area contributed by atoms with Gasteiger partial charge in [0.1, 0.15) is 5.82 Å². The number of rotatable bonds is 7. The van der Waals surface area contributed by atoms with Crippen LogP contribution < -0.4 is 10.6 Å². The number of nitrogens with one attached hydrogen (secondary N) is 2. The molecule has 0 radical (unpaired) electrons. The first-order valence-electron chi connectivity index (χ1n) is 8.40. The summed E-state index contributed by atoms with van der Waals surface area (Å²) in [5, 5.41) is 23.9. The number of aryl methyl sites for hydroxylation is 1. The number of nitrogens with zero attached hydrogens (tertiary/aromatic N) is 3. The molecule has 2 aromatic carbocycles. The molecule has 0 atom stereocenters. The van der Waals surface area contributed by atoms with E-state index in [0.717, 1.165) is 23.1 Å². The molecule has 3 rings (SSSR count). The lowest BCUT2D eigenvalue weighted by Gasteiger charge is -2.04. The molecule has 0 saturated heterocycles. The standard InChI is InChI=1S/C18H14FN5O4S2/c1-10-6-7-11(8-14(10)24(27)28)16(26)21-17-22-23-18(30-17)29-9-15(25)20-13-5-3-2-4-12(13)19/h2-8H,9H2,1H3,(H,20,25)(H,21,22,26). The molecule has 0 aliphatic heterocycles. The maximum absolute atomic E-state index is 13.5. The Morgan fingerprint density at radius 3 is 2.70 bits per heavy atom. The third-order valence-electron chi connectivity index (χ3n) is 3.77. The van der Waals surface area contributed by atoms with Crippen LogP contribution in [0.1, 0.15) is 15.9 Å². The van der Waals surface area contributed by atoms with Gasteiger partial charge in [0.25, 0.3) is 11.6 Å². The van der Waals surface area contributed by atoms with E-state index >= 15 is 0 Å². The van der Waals surface area contributed by atoms with Crippen molar-refractivity contribution in [2.24, 2.45) is 0 Å². The van der Waals surface area contributed by atoms with Crippen LogP contribution in [0.3, 0.4) is 0 Å². The summed E-state index contributed by atoms with van der Waals surface area (Å²) in [5.74, 6) is -1.55. The average Bonchev–Trinajstić information content (AvgIpc) is 3.15. The summed E-state index contributed by atoms with van der Waals surface area (Å²) in [5.41, 5.74) is 0.485. The number of nitro benzene ring substituents is 1. The molecule has 0 spiro atoms. The number of anilines is 2. The van der Waals surface area contributed by atoms with E-state index in [0.29, 0.717) is 9.90 Å². The maximum Gasteiger partial charge on any atom is 0.273 e. The van der Waals surface area contributed by atoms with Crippen molar-refractivity contribution in [2.75, 3.05) is 16.4 Å². The lowest BCUT2D eigenvalue weighted by molar-refractivity contribution is -0.385. The van der Waals surface area contributed by atoms with Crippen molar-refractivity contribution < 1.29 is 18.9 Å². The highest BCUT2D eigenvalue weighted by molar-refractivity contribution is 8.01. The third-order valence-corrected chi connectivity index (χ3v) is 5.74. The van der Waals surface area contributed by atoms with Crippen molar-refractivity contribution in [3.63, 3.8) is 0 Å². The van der Waals surface area contributed by atoms with Crippen molar-refractivity contribution in [1.82, 2.24) is 10.2 Å². The topological polar surface area (TPSA) is 127 Å². The van der Waals surface area contributed by atoms with Gasteiger partial charge in [-0.1, -0.05) is 41.3 Å². The number of hydrogen-bond donors (Lipinski definition) is 2. The number of aromatic nitrogens is 2. The highest BCUT2D eigenvalue weighted by Crippen LogP contribution is 2.27. The second kappa shape index (κ2) is 9.41. The molecule has 154 valence electrons. The van der Waals surface area contributed by atoms with E-state index in [-0.39, 0.29) is 27.8 Å². The summed E-state index contributed by atoms with van der Waals surface area (Å²) in [6, 6.07) is 9.97. The number of carbonyl (C=O) groups excluding carboxylic acids is 2. The highest BCUT2D eigenvalue weighted by atomic mass is 32.2. The van der Waals surface area contributed by atoms with E-state index in [2.05, 4.69) is 20.8 Å². The fourth-order valence-corrected chi connectivity index (χ4v) is 3.86. The molecule has 0 saturated carbocycles. The van der Waals surface area contributed by atoms with E-state index < -0.39 is 22.6 Å². The maximum atomic E-state index is 13.5. The van der Waals surface area contributed by atoms with Crippen LogP contribution in [-0.2, 0) is 4.79 Å². The highest BCUT2D eigenvalue weighted by Gasteiger charge is 2.17. The predicted molar refractivity (Wildman–Crippen MR) is 111 cm³/mol. The van der Waals surface area contributed by atoms with Gasteiger partial charge < -0.3 is 5.32 Å². The Hall–Kier alpha value is -3.38. The summed E-state index contributed by atoms with van der Waals surface area (Å²) >= 11 is 2.12. The Morgan fingerprint density at radius 2 is 1.97 bits per heavy atom. The minimum absolute atomic E-state index is 0.0267. The monoisotopic (exact) mass is 447 g/mol. The van der Waals surface area contributed by atoms with Crippen LogP contribution in [0.25, 0.3) is 0 Å². The summed E-state index contributed by atoms with van der Waals surface area (Å²) < 4.78 is 14.0. The molecule has 3 aromatic rings. The van der Waals surface area contributed by atoms with Crippen LogP contribution in [0, 0.1) is 22.9 Å². The van der Waals surface area contributed by atoms with E-state index in [4.69, 9.17) is 0 Å². The fourth-order valence-electron chi connectivity index (χ4n) is 2.31. The van der Waals surface area contributed by atoms with Gasteiger partial charge in [-0.15, -0.1) is 10.2 Å². The van der Waals surface area contributed by atoms with Gasteiger partial charge in [-0.05, 0) is 25.1 Å². The van der Waals surface area contributed by atoms with Crippen LogP contribution in [0.4, 0.5) is 20.9 Å². The predicted octanol–water partition coefficient (Wildman–Crippen LogP) is 3.88. The number of para-hydroxylation sites is 1. The lowest BCUT2D eigenvalue weighted by Crippen LogP contribution is -2.14. The SMILES string of the molecule is Cc1ccc(C(=O)Nc2nnc(SCC(=O)Nc3ccccc3F)s2)cc1[N+](=O)[O-].